The minimum absolute atomic E-state index is 0.00536. The van der Waals surface area contributed by atoms with Gasteiger partial charge in [-0.15, -0.1) is 0 Å². The summed E-state index contributed by atoms with van der Waals surface area (Å²) in [6.45, 7) is 0.381. The highest BCUT2D eigenvalue weighted by Crippen LogP contribution is 2.29. The number of carbonyl (C=O) groups is 1. The van der Waals surface area contributed by atoms with Crippen LogP contribution < -0.4 is 9.47 Å². The molecule has 29 heavy (non-hydrogen) atoms. The second-order valence-electron chi connectivity index (χ2n) is 6.14. The number of methoxy groups -OCH3 is 1. The fourth-order valence-electron chi connectivity index (χ4n) is 2.60. The molecule has 0 amide bonds. The second-order valence-corrected chi connectivity index (χ2v) is 6.14. The monoisotopic (exact) mass is 393 g/mol. The third-order valence-corrected chi connectivity index (χ3v) is 4.15. The van der Waals surface area contributed by atoms with Gasteiger partial charge in [-0.05, 0) is 41.5 Å². The van der Waals surface area contributed by atoms with Gasteiger partial charge >= 0.3 is 5.97 Å². The maximum Gasteiger partial charge on any atom is 0.338 e. The summed E-state index contributed by atoms with van der Waals surface area (Å²) >= 11 is 0. The predicted molar refractivity (Wildman–Crippen MR) is 106 cm³/mol. The Bertz CT molecular complexity index is 986. The zero-order valence-corrected chi connectivity index (χ0v) is 15.7. The standard InChI is InChI=1S/C22H19NO6/c1-27-21-13-18(9-12-20(21)28-14-16-5-3-2-4-6-16)22(24)29-15-17-7-10-19(11-8-17)23(25)26/h2-13H,14-15H2,1H3. The van der Waals surface area contributed by atoms with E-state index >= 15 is 0 Å². The molecular formula is C22H19NO6. The van der Waals surface area contributed by atoms with E-state index < -0.39 is 10.9 Å². The molecule has 0 unspecified atom stereocenters. The van der Waals surface area contributed by atoms with Gasteiger partial charge in [-0.1, -0.05) is 30.3 Å². The molecule has 3 rings (SSSR count). The minimum atomic E-state index is -0.531. The summed E-state index contributed by atoms with van der Waals surface area (Å²) in [5.41, 5.74) is 1.96. The van der Waals surface area contributed by atoms with Crippen LogP contribution in [0.2, 0.25) is 0 Å². The van der Waals surface area contributed by atoms with Crippen molar-refractivity contribution in [1.82, 2.24) is 0 Å². The summed E-state index contributed by atoms with van der Waals surface area (Å²) in [7, 11) is 1.50. The number of nitrogens with zero attached hydrogens (tertiary/aromatic N) is 1. The van der Waals surface area contributed by atoms with Crippen LogP contribution in [0.15, 0.2) is 72.8 Å². The number of benzene rings is 3. The number of non-ortho nitro benzene ring substituents is 1. The summed E-state index contributed by atoms with van der Waals surface area (Å²) in [5, 5.41) is 10.7. The fraction of sp³-hybridized carbons (Fsp3) is 0.136. The quantitative estimate of drug-likeness (QED) is 0.317. The highest BCUT2D eigenvalue weighted by atomic mass is 16.6. The Morgan fingerprint density at radius 1 is 0.897 bits per heavy atom. The van der Waals surface area contributed by atoms with Gasteiger partial charge in [0.05, 0.1) is 17.6 Å². The average molecular weight is 393 g/mol. The number of rotatable bonds is 8. The molecule has 7 nitrogen and oxygen atoms in total. The number of hydrogen-bond acceptors (Lipinski definition) is 6. The van der Waals surface area contributed by atoms with Gasteiger partial charge in [0.25, 0.3) is 5.69 Å². The van der Waals surface area contributed by atoms with Crippen molar-refractivity contribution in [3.05, 3.63) is 99.6 Å². The predicted octanol–water partition coefficient (Wildman–Crippen LogP) is 4.54. The van der Waals surface area contributed by atoms with Crippen molar-refractivity contribution in [2.75, 3.05) is 7.11 Å². The summed E-state index contributed by atoms with van der Waals surface area (Å²) in [4.78, 5) is 22.5. The fourth-order valence-corrected chi connectivity index (χ4v) is 2.60. The van der Waals surface area contributed by atoms with Crippen LogP contribution in [0, 0.1) is 10.1 Å². The van der Waals surface area contributed by atoms with Gasteiger partial charge < -0.3 is 14.2 Å². The first-order valence-corrected chi connectivity index (χ1v) is 8.82. The Kier molecular flexibility index (Phi) is 6.42. The van der Waals surface area contributed by atoms with Crippen LogP contribution in [-0.4, -0.2) is 18.0 Å². The van der Waals surface area contributed by atoms with E-state index in [0.717, 1.165) is 5.56 Å². The molecule has 148 valence electrons. The molecule has 0 saturated carbocycles. The van der Waals surface area contributed by atoms with Crippen molar-refractivity contribution in [3.63, 3.8) is 0 Å². The SMILES string of the molecule is COc1cc(C(=O)OCc2ccc([N+](=O)[O-])cc2)ccc1OCc1ccccc1. The van der Waals surface area contributed by atoms with Crippen molar-refractivity contribution < 1.29 is 23.9 Å². The molecule has 0 bridgehead atoms. The molecule has 0 saturated heterocycles. The molecular weight excluding hydrogens is 374 g/mol. The highest BCUT2D eigenvalue weighted by molar-refractivity contribution is 5.90. The van der Waals surface area contributed by atoms with Crippen molar-refractivity contribution >= 4 is 11.7 Å². The van der Waals surface area contributed by atoms with Gasteiger partial charge in [-0.3, -0.25) is 10.1 Å². The molecule has 7 heteroatoms. The molecule has 0 aromatic heterocycles. The summed E-state index contributed by atoms with van der Waals surface area (Å²) in [6, 6.07) is 20.3. The Morgan fingerprint density at radius 2 is 1.59 bits per heavy atom. The Hall–Kier alpha value is -3.87. The molecule has 0 radical (unpaired) electrons. The van der Waals surface area contributed by atoms with Crippen molar-refractivity contribution in [3.8, 4) is 11.5 Å². The lowest BCUT2D eigenvalue weighted by Gasteiger charge is -2.12. The van der Waals surface area contributed by atoms with Crippen LogP contribution in [0.1, 0.15) is 21.5 Å². The molecule has 3 aromatic rings. The van der Waals surface area contributed by atoms with Crippen molar-refractivity contribution in [1.29, 1.82) is 0 Å². The Labute approximate surface area is 167 Å². The third kappa shape index (κ3) is 5.32. The zero-order valence-electron chi connectivity index (χ0n) is 15.7. The third-order valence-electron chi connectivity index (χ3n) is 4.15. The molecule has 3 aromatic carbocycles. The van der Waals surface area contributed by atoms with E-state index in [4.69, 9.17) is 14.2 Å². The summed E-state index contributed by atoms with van der Waals surface area (Å²) in [5.74, 6) is 0.408. The number of ether oxygens (including phenoxy) is 3. The topological polar surface area (TPSA) is 87.9 Å². The Balaban J connectivity index is 1.62. The number of nitro benzene ring substituents is 1. The van der Waals surface area contributed by atoms with Crippen molar-refractivity contribution in [2.24, 2.45) is 0 Å². The maximum absolute atomic E-state index is 12.3. The Morgan fingerprint density at radius 3 is 2.24 bits per heavy atom. The van der Waals surface area contributed by atoms with E-state index in [1.807, 2.05) is 30.3 Å². The van der Waals surface area contributed by atoms with Crippen LogP contribution >= 0.6 is 0 Å². The van der Waals surface area contributed by atoms with E-state index in [-0.39, 0.29) is 12.3 Å². The largest absolute Gasteiger partial charge is 0.493 e. The minimum Gasteiger partial charge on any atom is -0.493 e. The maximum atomic E-state index is 12.3. The molecule has 0 fully saturated rings. The van der Waals surface area contributed by atoms with Gasteiger partial charge in [0.15, 0.2) is 11.5 Å². The lowest BCUT2D eigenvalue weighted by atomic mass is 10.2. The number of esters is 1. The average Bonchev–Trinajstić information content (AvgIpc) is 2.76. The van der Waals surface area contributed by atoms with Gasteiger partial charge in [0.2, 0.25) is 0 Å². The molecule has 0 N–H and O–H groups in total. The molecule has 0 aliphatic rings. The molecule has 0 aliphatic heterocycles. The van der Waals surface area contributed by atoms with Gasteiger partial charge in [-0.25, -0.2) is 4.79 Å². The van der Waals surface area contributed by atoms with Gasteiger partial charge in [0.1, 0.15) is 13.2 Å². The van der Waals surface area contributed by atoms with E-state index in [1.54, 1.807) is 30.3 Å². The smallest absolute Gasteiger partial charge is 0.338 e. The lowest BCUT2D eigenvalue weighted by Crippen LogP contribution is -2.06. The number of nitro groups is 1. The molecule has 0 heterocycles. The van der Waals surface area contributed by atoms with Crippen LogP contribution in [0.25, 0.3) is 0 Å². The molecule has 0 aliphatic carbocycles. The van der Waals surface area contributed by atoms with Gasteiger partial charge in [0, 0.05) is 12.1 Å². The van der Waals surface area contributed by atoms with Crippen LogP contribution in [-0.2, 0) is 18.0 Å². The molecule has 0 atom stereocenters. The first kappa shape index (κ1) is 19.9. The number of carbonyl (C=O) groups excluding carboxylic acids is 1. The van der Waals surface area contributed by atoms with Crippen LogP contribution in [0.5, 0.6) is 11.5 Å². The van der Waals surface area contributed by atoms with E-state index in [0.29, 0.717) is 29.2 Å². The van der Waals surface area contributed by atoms with E-state index in [9.17, 15) is 14.9 Å². The normalized spacial score (nSPS) is 10.2. The first-order chi connectivity index (χ1) is 14.1. The second kappa shape index (κ2) is 9.36. The van der Waals surface area contributed by atoms with E-state index in [1.165, 1.54) is 19.2 Å². The molecule has 0 spiro atoms. The zero-order chi connectivity index (χ0) is 20.6. The van der Waals surface area contributed by atoms with Crippen LogP contribution in [0.3, 0.4) is 0 Å². The highest BCUT2D eigenvalue weighted by Gasteiger charge is 2.13. The first-order valence-electron chi connectivity index (χ1n) is 8.82. The van der Waals surface area contributed by atoms with Crippen LogP contribution in [0.4, 0.5) is 5.69 Å². The number of hydrogen-bond donors (Lipinski definition) is 0. The van der Waals surface area contributed by atoms with Gasteiger partial charge in [-0.2, -0.15) is 0 Å². The summed E-state index contributed by atoms with van der Waals surface area (Å²) < 4.78 is 16.4. The van der Waals surface area contributed by atoms with Crippen molar-refractivity contribution in [2.45, 2.75) is 13.2 Å². The summed E-state index contributed by atoms with van der Waals surface area (Å²) in [6.07, 6.45) is 0. The van der Waals surface area contributed by atoms with E-state index in [2.05, 4.69) is 0 Å². The lowest BCUT2D eigenvalue weighted by molar-refractivity contribution is -0.384.